The van der Waals surface area contributed by atoms with Crippen LogP contribution in [0.25, 0.3) is 22.4 Å². The molecule has 5 heteroatoms. The Labute approximate surface area is 174 Å². The van der Waals surface area contributed by atoms with E-state index in [4.69, 9.17) is 15.0 Å². The van der Waals surface area contributed by atoms with E-state index in [1.54, 1.807) is 0 Å². The lowest BCUT2D eigenvalue weighted by atomic mass is 10.0. The van der Waals surface area contributed by atoms with Gasteiger partial charge >= 0.3 is 0 Å². The van der Waals surface area contributed by atoms with Gasteiger partial charge in [-0.25, -0.2) is 9.97 Å². The highest BCUT2D eigenvalue weighted by molar-refractivity contribution is 5.80. The second kappa shape index (κ2) is 9.04. The number of aromatic nitrogens is 4. The van der Waals surface area contributed by atoms with Gasteiger partial charge in [0.05, 0.1) is 11.4 Å². The first kappa shape index (κ1) is 21.4. The predicted octanol–water partition coefficient (Wildman–Crippen LogP) is 5.38. The largest absolute Gasteiger partial charge is 0.396 e. The zero-order valence-corrected chi connectivity index (χ0v) is 18.7. The molecule has 0 unspecified atom stereocenters. The predicted molar refractivity (Wildman–Crippen MR) is 119 cm³/mol. The van der Waals surface area contributed by atoms with Crippen LogP contribution in [0.15, 0.2) is 18.3 Å². The molecule has 0 bridgehead atoms. The van der Waals surface area contributed by atoms with E-state index < -0.39 is 0 Å². The number of pyridine rings is 1. The first-order valence-electron chi connectivity index (χ1n) is 10.9. The minimum atomic E-state index is 0.178. The van der Waals surface area contributed by atoms with Crippen LogP contribution >= 0.6 is 0 Å². The lowest BCUT2D eigenvalue weighted by Crippen LogP contribution is -2.11. The van der Waals surface area contributed by atoms with Gasteiger partial charge in [-0.15, -0.1) is 0 Å². The van der Waals surface area contributed by atoms with E-state index in [1.807, 2.05) is 0 Å². The second-order valence-electron chi connectivity index (χ2n) is 8.08. The average molecular weight is 395 g/mol. The Morgan fingerprint density at radius 3 is 2.31 bits per heavy atom. The highest BCUT2D eigenvalue weighted by Gasteiger charge is 2.20. The molecule has 0 aliphatic carbocycles. The number of hydrogen-bond acceptors (Lipinski definition) is 4. The average Bonchev–Trinajstić information content (AvgIpc) is 3.05. The van der Waals surface area contributed by atoms with Crippen molar-refractivity contribution in [1.29, 1.82) is 0 Å². The molecule has 0 aromatic carbocycles. The van der Waals surface area contributed by atoms with Crippen molar-refractivity contribution in [3.05, 3.63) is 41.0 Å². The number of aryl methyl sites for hydroxylation is 3. The molecule has 3 rings (SSSR count). The minimum absolute atomic E-state index is 0.178. The van der Waals surface area contributed by atoms with Crippen molar-refractivity contribution in [2.75, 3.05) is 6.61 Å². The van der Waals surface area contributed by atoms with E-state index in [-0.39, 0.29) is 12.6 Å². The highest BCUT2D eigenvalue weighted by atomic mass is 16.3. The summed E-state index contributed by atoms with van der Waals surface area (Å²) >= 11 is 0. The van der Waals surface area contributed by atoms with Crippen LogP contribution in [0, 0.1) is 6.92 Å². The third kappa shape index (κ3) is 4.06. The normalized spacial score (nSPS) is 12.8. The van der Waals surface area contributed by atoms with Gasteiger partial charge in [-0.1, -0.05) is 34.6 Å². The minimum Gasteiger partial charge on any atom is -0.396 e. The summed E-state index contributed by atoms with van der Waals surface area (Å²) < 4.78 is 2.21. The molecule has 3 aromatic rings. The molecule has 0 aliphatic heterocycles. The third-order valence-electron chi connectivity index (χ3n) is 5.74. The molecule has 0 saturated heterocycles. The van der Waals surface area contributed by atoms with Crippen LogP contribution in [0.2, 0.25) is 0 Å². The molecule has 156 valence electrons. The summed E-state index contributed by atoms with van der Waals surface area (Å²) in [6.07, 6.45) is 5.50. The monoisotopic (exact) mass is 394 g/mol. The van der Waals surface area contributed by atoms with Gasteiger partial charge in [0.25, 0.3) is 0 Å². The van der Waals surface area contributed by atoms with Gasteiger partial charge in [-0.05, 0) is 56.2 Å². The number of hydrogen-bond donors (Lipinski definition) is 1. The van der Waals surface area contributed by atoms with Gasteiger partial charge in [0.15, 0.2) is 5.65 Å². The van der Waals surface area contributed by atoms with E-state index in [9.17, 15) is 5.11 Å². The summed E-state index contributed by atoms with van der Waals surface area (Å²) in [5.41, 5.74) is 8.26. The van der Waals surface area contributed by atoms with Gasteiger partial charge in [0.1, 0.15) is 5.52 Å². The fourth-order valence-corrected chi connectivity index (χ4v) is 3.99. The van der Waals surface area contributed by atoms with Gasteiger partial charge in [-0.2, -0.15) is 0 Å². The van der Waals surface area contributed by atoms with E-state index in [1.165, 1.54) is 0 Å². The second-order valence-corrected chi connectivity index (χ2v) is 8.08. The lowest BCUT2D eigenvalue weighted by molar-refractivity contribution is 0.256. The molecule has 0 spiro atoms. The molecule has 0 amide bonds. The summed E-state index contributed by atoms with van der Waals surface area (Å²) in [6.45, 7) is 13.1. The molecular weight excluding hydrogens is 360 g/mol. The summed E-state index contributed by atoms with van der Waals surface area (Å²) in [4.78, 5) is 15.1. The molecular formula is C24H34N4O. The molecule has 1 N–H and O–H groups in total. The lowest BCUT2D eigenvalue weighted by Gasteiger charge is -2.18. The van der Waals surface area contributed by atoms with Crippen LogP contribution in [0.4, 0.5) is 0 Å². The van der Waals surface area contributed by atoms with Crippen molar-refractivity contribution >= 4 is 11.2 Å². The van der Waals surface area contributed by atoms with Crippen molar-refractivity contribution in [3.63, 3.8) is 0 Å². The van der Waals surface area contributed by atoms with Gasteiger partial charge in [-0.3, -0.25) is 4.98 Å². The Morgan fingerprint density at radius 1 is 1.00 bits per heavy atom. The first-order chi connectivity index (χ1) is 13.9. The fraction of sp³-hybridized carbons (Fsp3) is 0.542. The summed E-state index contributed by atoms with van der Waals surface area (Å²) in [5.74, 6) is 0.405. The van der Waals surface area contributed by atoms with Crippen molar-refractivity contribution in [2.45, 2.75) is 79.2 Å². The Morgan fingerprint density at radius 2 is 1.72 bits per heavy atom. The van der Waals surface area contributed by atoms with Crippen LogP contribution in [0.1, 0.15) is 82.1 Å². The molecule has 0 saturated carbocycles. The molecule has 0 aliphatic rings. The number of fused-ring (bicyclic) bond motifs is 1. The topological polar surface area (TPSA) is 63.8 Å². The SMILES string of the molecule is CCc1nc(C(C)C)ccc1-c1nc2c(C)cn([C@@H](CC)CCO)c2nc1CC. The van der Waals surface area contributed by atoms with Crippen molar-refractivity contribution in [1.82, 2.24) is 19.5 Å². The first-order valence-corrected chi connectivity index (χ1v) is 10.9. The Kier molecular flexibility index (Phi) is 6.68. The molecule has 5 nitrogen and oxygen atoms in total. The zero-order chi connectivity index (χ0) is 21.1. The molecule has 0 fully saturated rings. The zero-order valence-electron chi connectivity index (χ0n) is 18.7. The summed E-state index contributed by atoms with van der Waals surface area (Å²) in [5, 5.41) is 9.46. The number of nitrogens with zero attached hydrogens (tertiary/aromatic N) is 4. The standard InChI is InChI=1S/C24H34N4O/c1-7-17(12-13-29)28-14-16(6)22-24(28)26-20(9-3)23(27-22)18-10-11-21(15(4)5)25-19(18)8-2/h10-11,14-15,17,29H,7-9,12-13H2,1-6H3/t17-/m0/s1. The maximum absolute atomic E-state index is 9.46. The van der Waals surface area contributed by atoms with Crippen LogP contribution in [-0.2, 0) is 12.8 Å². The summed E-state index contributed by atoms with van der Waals surface area (Å²) in [7, 11) is 0. The highest BCUT2D eigenvalue weighted by Crippen LogP contribution is 2.31. The number of rotatable bonds is 8. The van der Waals surface area contributed by atoms with Gasteiger partial charge < -0.3 is 9.67 Å². The number of aliphatic hydroxyl groups is 1. The van der Waals surface area contributed by atoms with Crippen molar-refractivity contribution < 1.29 is 5.11 Å². The van der Waals surface area contributed by atoms with Crippen LogP contribution in [0.5, 0.6) is 0 Å². The molecule has 3 heterocycles. The molecule has 0 radical (unpaired) electrons. The van der Waals surface area contributed by atoms with E-state index in [0.717, 1.165) is 70.7 Å². The van der Waals surface area contributed by atoms with Gasteiger partial charge in [0, 0.05) is 35.8 Å². The maximum atomic E-state index is 9.46. The van der Waals surface area contributed by atoms with Gasteiger partial charge in [0.2, 0.25) is 0 Å². The van der Waals surface area contributed by atoms with Crippen LogP contribution in [-0.4, -0.2) is 31.2 Å². The third-order valence-corrected chi connectivity index (χ3v) is 5.74. The molecule has 1 atom stereocenters. The fourth-order valence-electron chi connectivity index (χ4n) is 3.99. The van der Waals surface area contributed by atoms with Crippen LogP contribution in [0.3, 0.4) is 0 Å². The van der Waals surface area contributed by atoms with E-state index >= 15 is 0 Å². The summed E-state index contributed by atoms with van der Waals surface area (Å²) in [6, 6.07) is 4.53. The Hall–Kier alpha value is -2.27. The van der Waals surface area contributed by atoms with Crippen LogP contribution < -0.4 is 0 Å². The van der Waals surface area contributed by atoms with E-state index in [0.29, 0.717) is 5.92 Å². The molecule has 29 heavy (non-hydrogen) atoms. The van der Waals surface area contributed by atoms with E-state index in [2.05, 4.69) is 64.4 Å². The molecule has 3 aromatic heterocycles. The quantitative estimate of drug-likeness (QED) is 0.557. The Bertz CT molecular complexity index is 990. The van der Waals surface area contributed by atoms with Crippen molar-refractivity contribution in [3.8, 4) is 11.3 Å². The number of aliphatic hydroxyl groups excluding tert-OH is 1. The van der Waals surface area contributed by atoms with Crippen molar-refractivity contribution in [2.24, 2.45) is 0 Å². The maximum Gasteiger partial charge on any atom is 0.159 e. The smallest absolute Gasteiger partial charge is 0.159 e. The Balaban J connectivity index is 2.21.